The van der Waals surface area contributed by atoms with E-state index in [2.05, 4.69) is 41.1 Å². The third-order valence-corrected chi connectivity index (χ3v) is 6.92. The lowest BCUT2D eigenvalue weighted by Gasteiger charge is -2.43. The van der Waals surface area contributed by atoms with Crippen LogP contribution in [0, 0.1) is 0 Å². The third kappa shape index (κ3) is 2.94. The average Bonchev–Trinajstić information content (AvgIpc) is 3.18. The number of imidazole rings is 1. The number of sulfonamides is 1. The number of aromatic nitrogens is 6. The monoisotopic (exact) mass is 404 g/mol. The van der Waals surface area contributed by atoms with Gasteiger partial charge in [-0.15, -0.1) is 15.3 Å². The molecular weight excluding hydrogens is 380 g/mol. The predicted octanol–water partition coefficient (Wildman–Crippen LogP) is 0.665. The SMILES string of the molecule is CN(C1CN(c2ccc3nnc(C(C)(C)C)n3n2)C1)S(=O)(=O)c1nccn1C. The van der Waals surface area contributed by atoms with Crippen molar-refractivity contribution in [1.82, 2.24) is 33.7 Å². The van der Waals surface area contributed by atoms with Crippen molar-refractivity contribution in [3.8, 4) is 0 Å². The Morgan fingerprint density at radius 1 is 1.18 bits per heavy atom. The molecule has 3 aromatic rings. The summed E-state index contributed by atoms with van der Waals surface area (Å²) in [5.74, 6) is 1.56. The van der Waals surface area contributed by atoms with E-state index in [1.54, 1.807) is 24.8 Å². The average molecular weight is 405 g/mol. The van der Waals surface area contributed by atoms with Gasteiger partial charge in [-0.2, -0.15) is 8.82 Å². The fourth-order valence-electron chi connectivity index (χ4n) is 3.21. The van der Waals surface area contributed by atoms with Crippen LogP contribution in [0.4, 0.5) is 5.82 Å². The maximum atomic E-state index is 12.8. The van der Waals surface area contributed by atoms with Gasteiger partial charge in [-0.3, -0.25) is 0 Å². The second kappa shape index (κ2) is 6.24. The van der Waals surface area contributed by atoms with Gasteiger partial charge in [0.05, 0.1) is 6.04 Å². The van der Waals surface area contributed by atoms with Crippen LogP contribution in [0.25, 0.3) is 5.65 Å². The Kier molecular flexibility index (Phi) is 4.19. The molecule has 0 spiro atoms. The van der Waals surface area contributed by atoms with E-state index in [1.807, 2.05) is 17.0 Å². The number of fused-ring (bicyclic) bond motifs is 1. The van der Waals surface area contributed by atoms with Crippen molar-refractivity contribution in [3.63, 3.8) is 0 Å². The third-order valence-electron chi connectivity index (χ3n) is 5.01. The number of rotatable bonds is 4. The summed E-state index contributed by atoms with van der Waals surface area (Å²) in [4.78, 5) is 6.02. The summed E-state index contributed by atoms with van der Waals surface area (Å²) >= 11 is 0. The van der Waals surface area contributed by atoms with Crippen LogP contribution in [-0.2, 0) is 22.5 Å². The zero-order valence-electron chi connectivity index (χ0n) is 16.6. The molecule has 11 heteroatoms. The molecule has 0 aromatic carbocycles. The Labute approximate surface area is 163 Å². The van der Waals surface area contributed by atoms with E-state index in [1.165, 1.54) is 15.1 Å². The summed E-state index contributed by atoms with van der Waals surface area (Å²) in [6, 6.07) is 3.63. The fourth-order valence-corrected chi connectivity index (χ4v) is 4.62. The van der Waals surface area contributed by atoms with E-state index in [0.29, 0.717) is 18.7 Å². The first-order valence-electron chi connectivity index (χ1n) is 9.02. The van der Waals surface area contributed by atoms with Crippen molar-refractivity contribution in [2.24, 2.45) is 7.05 Å². The summed E-state index contributed by atoms with van der Waals surface area (Å²) in [5, 5.41) is 13.2. The Hall–Kier alpha value is -2.53. The van der Waals surface area contributed by atoms with Crippen molar-refractivity contribution in [1.29, 1.82) is 0 Å². The number of hydrogen-bond acceptors (Lipinski definition) is 7. The van der Waals surface area contributed by atoms with E-state index < -0.39 is 10.0 Å². The zero-order valence-corrected chi connectivity index (χ0v) is 17.4. The van der Waals surface area contributed by atoms with Gasteiger partial charge in [0.25, 0.3) is 10.0 Å². The molecule has 1 saturated heterocycles. The minimum atomic E-state index is -3.63. The molecule has 0 atom stereocenters. The first-order chi connectivity index (χ1) is 13.1. The Morgan fingerprint density at radius 2 is 1.89 bits per heavy atom. The summed E-state index contributed by atoms with van der Waals surface area (Å²) in [6.45, 7) is 7.32. The minimum Gasteiger partial charge on any atom is -0.352 e. The van der Waals surface area contributed by atoms with E-state index in [4.69, 9.17) is 0 Å². The standard InChI is InChI=1S/C17H24N8O2S/c1-17(2,3)15-20-19-13-6-7-14(21-25(13)15)24-10-12(11-24)23(5)28(26,27)16-18-8-9-22(16)4/h6-9,12H,10-11H2,1-5H3. The molecule has 0 bridgehead atoms. The van der Waals surface area contributed by atoms with Crippen molar-refractivity contribution >= 4 is 21.5 Å². The number of likely N-dealkylation sites (N-methyl/N-ethyl adjacent to an activating group) is 1. The molecule has 0 saturated carbocycles. The van der Waals surface area contributed by atoms with Crippen molar-refractivity contribution < 1.29 is 8.42 Å². The molecule has 28 heavy (non-hydrogen) atoms. The van der Waals surface area contributed by atoms with E-state index in [-0.39, 0.29) is 16.6 Å². The highest BCUT2D eigenvalue weighted by atomic mass is 32.2. The normalized spacial score (nSPS) is 16.1. The molecular formula is C17H24N8O2S. The molecule has 150 valence electrons. The van der Waals surface area contributed by atoms with E-state index in [0.717, 1.165) is 11.6 Å². The van der Waals surface area contributed by atoms with Gasteiger partial charge in [0, 0.05) is 45.0 Å². The highest BCUT2D eigenvalue weighted by molar-refractivity contribution is 7.89. The first kappa shape index (κ1) is 18.8. The van der Waals surface area contributed by atoms with Crippen LogP contribution in [0.15, 0.2) is 29.7 Å². The van der Waals surface area contributed by atoms with Crippen LogP contribution in [0.1, 0.15) is 26.6 Å². The molecule has 4 heterocycles. The smallest absolute Gasteiger partial charge is 0.277 e. The molecule has 4 rings (SSSR count). The molecule has 1 aliphatic rings. The molecule has 0 unspecified atom stereocenters. The van der Waals surface area contributed by atoms with Crippen LogP contribution in [0.2, 0.25) is 0 Å². The van der Waals surface area contributed by atoms with Gasteiger partial charge < -0.3 is 9.47 Å². The van der Waals surface area contributed by atoms with E-state index >= 15 is 0 Å². The van der Waals surface area contributed by atoms with E-state index in [9.17, 15) is 8.42 Å². The van der Waals surface area contributed by atoms with Crippen LogP contribution < -0.4 is 4.90 Å². The maximum absolute atomic E-state index is 12.8. The van der Waals surface area contributed by atoms with Gasteiger partial charge in [0.1, 0.15) is 5.82 Å². The number of nitrogens with zero attached hydrogens (tertiary/aromatic N) is 8. The molecule has 0 radical (unpaired) electrons. The summed E-state index contributed by atoms with van der Waals surface area (Å²) in [6.07, 6.45) is 3.11. The summed E-state index contributed by atoms with van der Waals surface area (Å²) < 4.78 is 30.2. The van der Waals surface area contributed by atoms with Gasteiger partial charge in [0.2, 0.25) is 5.16 Å². The molecule has 10 nitrogen and oxygen atoms in total. The quantitative estimate of drug-likeness (QED) is 0.630. The van der Waals surface area contributed by atoms with Gasteiger partial charge in [0.15, 0.2) is 11.5 Å². The fraction of sp³-hybridized carbons (Fsp3) is 0.529. The number of anilines is 1. The number of aryl methyl sites for hydroxylation is 1. The molecule has 0 amide bonds. The lowest BCUT2D eigenvalue weighted by atomic mass is 9.96. The van der Waals surface area contributed by atoms with Crippen LogP contribution >= 0.6 is 0 Å². The van der Waals surface area contributed by atoms with Crippen molar-refractivity contribution in [3.05, 3.63) is 30.4 Å². The van der Waals surface area contributed by atoms with Crippen LogP contribution in [0.5, 0.6) is 0 Å². The van der Waals surface area contributed by atoms with Gasteiger partial charge in [-0.05, 0) is 12.1 Å². The maximum Gasteiger partial charge on any atom is 0.277 e. The molecule has 3 aromatic heterocycles. The molecule has 1 aliphatic heterocycles. The summed E-state index contributed by atoms with van der Waals surface area (Å²) in [5.41, 5.74) is 0.513. The predicted molar refractivity (Wildman–Crippen MR) is 104 cm³/mol. The van der Waals surface area contributed by atoms with Crippen LogP contribution in [0.3, 0.4) is 0 Å². The largest absolute Gasteiger partial charge is 0.352 e. The topological polar surface area (TPSA) is 102 Å². The highest BCUT2D eigenvalue weighted by Gasteiger charge is 2.39. The number of hydrogen-bond donors (Lipinski definition) is 0. The zero-order chi connectivity index (χ0) is 20.3. The van der Waals surface area contributed by atoms with Gasteiger partial charge >= 0.3 is 0 Å². The second-order valence-corrected chi connectivity index (χ2v) is 10.0. The lowest BCUT2D eigenvalue weighted by molar-refractivity contribution is 0.306. The lowest BCUT2D eigenvalue weighted by Crippen LogP contribution is -2.60. The molecule has 0 aliphatic carbocycles. The van der Waals surface area contributed by atoms with Crippen LogP contribution in [-0.4, -0.2) is 68.3 Å². The molecule has 1 fully saturated rings. The second-order valence-electron chi connectivity index (χ2n) is 8.14. The highest BCUT2D eigenvalue weighted by Crippen LogP contribution is 2.26. The minimum absolute atomic E-state index is 0.0484. The Balaban J connectivity index is 1.53. The first-order valence-corrected chi connectivity index (χ1v) is 10.5. The molecule has 0 N–H and O–H groups in total. The Bertz CT molecular complexity index is 1120. The van der Waals surface area contributed by atoms with Crippen molar-refractivity contribution in [2.75, 3.05) is 25.0 Å². The summed E-state index contributed by atoms with van der Waals surface area (Å²) in [7, 11) is -0.361. The van der Waals surface area contributed by atoms with Crippen molar-refractivity contribution in [2.45, 2.75) is 37.4 Å². The van der Waals surface area contributed by atoms with Gasteiger partial charge in [-0.1, -0.05) is 20.8 Å². The Morgan fingerprint density at radius 3 is 2.50 bits per heavy atom. The van der Waals surface area contributed by atoms with Gasteiger partial charge in [-0.25, -0.2) is 13.4 Å².